The monoisotopic (exact) mass is 400 g/mol. The van der Waals surface area contributed by atoms with E-state index in [4.69, 9.17) is 0 Å². The molecule has 3 heterocycles. The van der Waals surface area contributed by atoms with E-state index in [0.717, 1.165) is 37.4 Å². The average molecular weight is 400 g/mol. The van der Waals surface area contributed by atoms with Crippen LogP contribution in [0.1, 0.15) is 56.1 Å². The van der Waals surface area contributed by atoms with Crippen molar-refractivity contribution in [1.82, 2.24) is 29.5 Å². The smallest absolute Gasteiger partial charge is 0.274 e. The highest BCUT2D eigenvalue weighted by molar-refractivity contribution is 7.99. The largest absolute Gasteiger partial charge is 0.330 e. The third-order valence-corrected chi connectivity index (χ3v) is 5.95. The standard InChI is InChI=1S/C18H17FN6O2S/c1-2-10-12(19)17(21-7-20-10)28-16-11-14(22-13(23-16)8-3-4-8)25(9-5-6-9)18(27)24-15(11)26/h7-9H,2-6H2,1H3,(H,24,26,27). The lowest BCUT2D eigenvalue weighted by molar-refractivity contribution is 0.559. The highest BCUT2D eigenvalue weighted by atomic mass is 32.2. The molecule has 10 heteroatoms. The number of hydrogen-bond acceptors (Lipinski definition) is 7. The van der Waals surface area contributed by atoms with Crippen LogP contribution in [-0.4, -0.2) is 29.5 Å². The molecule has 3 aromatic rings. The van der Waals surface area contributed by atoms with Crippen LogP contribution in [0.5, 0.6) is 0 Å². The maximum absolute atomic E-state index is 14.7. The lowest BCUT2D eigenvalue weighted by Gasteiger charge is -2.12. The van der Waals surface area contributed by atoms with E-state index in [1.165, 1.54) is 6.33 Å². The zero-order valence-electron chi connectivity index (χ0n) is 15.1. The molecule has 2 aliphatic rings. The molecule has 0 amide bonds. The van der Waals surface area contributed by atoms with E-state index in [1.54, 1.807) is 4.57 Å². The van der Waals surface area contributed by atoms with Gasteiger partial charge in [0.25, 0.3) is 5.56 Å². The summed E-state index contributed by atoms with van der Waals surface area (Å²) < 4.78 is 16.2. The Labute approximate surface area is 162 Å². The van der Waals surface area contributed by atoms with Gasteiger partial charge in [0.15, 0.2) is 11.5 Å². The predicted octanol–water partition coefficient (Wildman–Crippen LogP) is 2.33. The van der Waals surface area contributed by atoms with Crippen molar-refractivity contribution in [2.75, 3.05) is 0 Å². The van der Waals surface area contributed by atoms with Crippen molar-refractivity contribution in [3.05, 3.63) is 44.5 Å². The summed E-state index contributed by atoms with van der Waals surface area (Å²) in [5.41, 5.74) is -0.382. The van der Waals surface area contributed by atoms with Gasteiger partial charge in [-0.05, 0) is 43.9 Å². The quantitative estimate of drug-likeness (QED) is 0.655. The molecule has 28 heavy (non-hydrogen) atoms. The van der Waals surface area contributed by atoms with E-state index in [2.05, 4.69) is 24.9 Å². The highest BCUT2D eigenvalue weighted by Crippen LogP contribution is 2.41. The SMILES string of the molecule is CCc1ncnc(Sc2nc(C3CC3)nc3c2c(=O)[nH]c(=O)n3C2CC2)c1F. The second-order valence-corrected chi connectivity index (χ2v) is 8.09. The van der Waals surface area contributed by atoms with Gasteiger partial charge in [-0.15, -0.1) is 0 Å². The fourth-order valence-electron chi connectivity index (χ4n) is 3.20. The number of H-pyrrole nitrogens is 1. The van der Waals surface area contributed by atoms with E-state index in [-0.39, 0.29) is 22.4 Å². The summed E-state index contributed by atoms with van der Waals surface area (Å²) in [7, 11) is 0. The minimum Gasteiger partial charge on any atom is -0.274 e. The fraction of sp³-hybridized carbons (Fsp3) is 0.444. The number of nitrogens with zero attached hydrogens (tertiary/aromatic N) is 5. The van der Waals surface area contributed by atoms with Crippen molar-refractivity contribution in [3.8, 4) is 0 Å². The molecule has 0 aromatic carbocycles. The first-order chi connectivity index (χ1) is 13.6. The third-order valence-electron chi connectivity index (χ3n) is 4.98. The molecule has 144 valence electrons. The Bertz CT molecular complexity index is 1220. The third kappa shape index (κ3) is 2.92. The van der Waals surface area contributed by atoms with Crippen LogP contribution >= 0.6 is 11.8 Å². The first kappa shape index (κ1) is 17.5. The first-order valence-corrected chi connectivity index (χ1v) is 10.1. The Kier molecular flexibility index (Phi) is 4.04. The molecule has 0 atom stereocenters. The fourth-order valence-corrected chi connectivity index (χ4v) is 4.12. The predicted molar refractivity (Wildman–Crippen MR) is 100 cm³/mol. The highest BCUT2D eigenvalue weighted by Gasteiger charge is 2.32. The molecule has 0 bridgehead atoms. The van der Waals surface area contributed by atoms with Crippen molar-refractivity contribution in [3.63, 3.8) is 0 Å². The molecule has 0 spiro atoms. The molecular formula is C18H17FN6O2S. The molecule has 8 nitrogen and oxygen atoms in total. The molecule has 0 saturated heterocycles. The van der Waals surface area contributed by atoms with Gasteiger partial charge in [0.1, 0.15) is 27.6 Å². The Hall–Kier alpha value is -2.62. The van der Waals surface area contributed by atoms with E-state index in [9.17, 15) is 14.0 Å². The maximum atomic E-state index is 14.7. The van der Waals surface area contributed by atoms with Crippen LogP contribution in [0.15, 0.2) is 26.0 Å². The van der Waals surface area contributed by atoms with Gasteiger partial charge in [0.2, 0.25) is 0 Å². The van der Waals surface area contributed by atoms with Gasteiger partial charge in [0.05, 0.1) is 5.69 Å². The van der Waals surface area contributed by atoms with Crippen molar-refractivity contribution in [2.24, 2.45) is 0 Å². The molecule has 2 aliphatic carbocycles. The summed E-state index contributed by atoms with van der Waals surface area (Å²) >= 11 is 0.981. The second-order valence-electron chi connectivity index (χ2n) is 7.12. The Balaban J connectivity index is 1.75. The zero-order chi connectivity index (χ0) is 19.4. The van der Waals surface area contributed by atoms with Gasteiger partial charge in [-0.2, -0.15) is 0 Å². The van der Waals surface area contributed by atoms with Crippen molar-refractivity contribution in [1.29, 1.82) is 0 Å². The summed E-state index contributed by atoms with van der Waals surface area (Å²) in [5, 5.41) is 0.635. The van der Waals surface area contributed by atoms with Gasteiger partial charge in [-0.25, -0.2) is 29.1 Å². The molecule has 2 saturated carbocycles. The van der Waals surface area contributed by atoms with Crippen LogP contribution in [0.4, 0.5) is 4.39 Å². The Morgan fingerprint density at radius 2 is 1.96 bits per heavy atom. The number of hydrogen-bond donors (Lipinski definition) is 1. The lowest BCUT2D eigenvalue weighted by atomic mass is 10.3. The number of halogens is 1. The van der Waals surface area contributed by atoms with Crippen LogP contribution in [-0.2, 0) is 6.42 Å². The number of nitrogens with one attached hydrogen (secondary N) is 1. The van der Waals surface area contributed by atoms with Crippen molar-refractivity contribution in [2.45, 2.75) is 61.0 Å². The average Bonchev–Trinajstić information content (AvgIpc) is 3.55. The van der Waals surface area contributed by atoms with Gasteiger partial charge in [-0.3, -0.25) is 14.3 Å². The van der Waals surface area contributed by atoms with Gasteiger partial charge >= 0.3 is 5.69 Å². The summed E-state index contributed by atoms with van der Waals surface area (Å²) in [4.78, 5) is 44.5. The molecular weight excluding hydrogens is 383 g/mol. The first-order valence-electron chi connectivity index (χ1n) is 9.30. The van der Waals surface area contributed by atoms with Crippen LogP contribution in [0.3, 0.4) is 0 Å². The molecule has 5 rings (SSSR count). The molecule has 1 N–H and O–H groups in total. The van der Waals surface area contributed by atoms with E-state index >= 15 is 0 Å². The minimum absolute atomic E-state index is 0.0362. The summed E-state index contributed by atoms with van der Waals surface area (Å²) in [6.07, 6.45) is 5.41. The number of aromatic amines is 1. The van der Waals surface area contributed by atoms with E-state index in [1.807, 2.05) is 6.92 Å². The topological polar surface area (TPSA) is 106 Å². The number of aromatic nitrogens is 6. The number of fused-ring (bicyclic) bond motifs is 1. The van der Waals surface area contributed by atoms with Crippen LogP contribution < -0.4 is 11.2 Å². The Morgan fingerprint density at radius 1 is 1.18 bits per heavy atom. The zero-order valence-corrected chi connectivity index (χ0v) is 15.9. The maximum Gasteiger partial charge on any atom is 0.330 e. The van der Waals surface area contributed by atoms with E-state index in [0.29, 0.717) is 28.6 Å². The van der Waals surface area contributed by atoms with Gasteiger partial charge in [0, 0.05) is 12.0 Å². The summed E-state index contributed by atoms with van der Waals surface area (Å²) in [6.45, 7) is 1.81. The summed E-state index contributed by atoms with van der Waals surface area (Å²) in [5.74, 6) is 0.300. The molecule has 0 unspecified atom stereocenters. The second kappa shape index (κ2) is 6.47. The number of aryl methyl sites for hydroxylation is 1. The van der Waals surface area contributed by atoms with Crippen molar-refractivity contribution >= 4 is 22.8 Å². The minimum atomic E-state index is -0.563. The van der Waals surface area contributed by atoms with Crippen LogP contribution in [0, 0.1) is 5.82 Å². The summed E-state index contributed by atoms with van der Waals surface area (Å²) in [6, 6.07) is 0.0362. The Morgan fingerprint density at radius 3 is 2.64 bits per heavy atom. The van der Waals surface area contributed by atoms with Gasteiger partial charge in [-0.1, -0.05) is 6.92 Å². The van der Waals surface area contributed by atoms with Crippen molar-refractivity contribution < 1.29 is 4.39 Å². The lowest BCUT2D eigenvalue weighted by Crippen LogP contribution is -2.31. The molecule has 3 aromatic heterocycles. The molecule has 2 fully saturated rings. The van der Waals surface area contributed by atoms with E-state index < -0.39 is 17.1 Å². The normalized spacial score (nSPS) is 16.6. The molecule has 0 aliphatic heterocycles. The van der Waals surface area contributed by atoms with Gasteiger partial charge < -0.3 is 0 Å². The molecule has 0 radical (unpaired) electrons. The number of rotatable bonds is 5. The van der Waals surface area contributed by atoms with Crippen LogP contribution in [0.25, 0.3) is 11.0 Å². The van der Waals surface area contributed by atoms with Crippen LogP contribution in [0.2, 0.25) is 0 Å².